The molecule has 15 heavy (non-hydrogen) atoms. The molecule has 0 bridgehead atoms. The summed E-state index contributed by atoms with van der Waals surface area (Å²) in [6, 6.07) is 0.649. The molecule has 0 unspecified atom stereocenters. The summed E-state index contributed by atoms with van der Waals surface area (Å²) in [6.07, 6.45) is 0. The highest BCUT2D eigenvalue weighted by molar-refractivity contribution is 5.74. The maximum Gasteiger partial charge on any atom is 0.220 e. The van der Waals surface area contributed by atoms with E-state index in [9.17, 15) is 4.79 Å². The number of amides is 1. The van der Waals surface area contributed by atoms with Crippen LogP contribution in [0, 0.1) is 0 Å². The van der Waals surface area contributed by atoms with E-state index in [1.54, 1.807) is 6.92 Å². The Kier molecular flexibility index (Phi) is 3.44. The molecule has 0 aromatic heterocycles. The molecule has 1 heterocycles. The van der Waals surface area contributed by atoms with Gasteiger partial charge in [-0.2, -0.15) is 0 Å². The Hall–Kier alpha value is -0.570. The normalized spacial score (nSPS) is 29.3. The third-order valence-corrected chi connectivity index (χ3v) is 3.23. The number of hydrogen-bond donors (Lipinski definition) is 0. The first-order chi connectivity index (χ1) is 6.73. The molecule has 0 saturated carbocycles. The largest absolute Gasteiger partial charge is 0.335 e. The van der Waals surface area contributed by atoms with Crippen LogP contribution >= 0.6 is 0 Å². The van der Waals surface area contributed by atoms with Crippen molar-refractivity contribution >= 4 is 5.91 Å². The number of nitrogens with zero attached hydrogens (tertiary/aromatic N) is 2. The molecule has 0 aromatic rings. The summed E-state index contributed by atoms with van der Waals surface area (Å²) in [5.41, 5.74) is 0.200. The van der Waals surface area contributed by atoms with Gasteiger partial charge in [0.05, 0.1) is 0 Å². The average Bonchev–Trinajstić information content (AvgIpc) is 1.99. The molecule has 1 fully saturated rings. The van der Waals surface area contributed by atoms with E-state index >= 15 is 0 Å². The molecule has 0 aliphatic carbocycles. The Morgan fingerprint density at radius 2 is 1.53 bits per heavy atom. The molecular formula is C12H24N2O. The maximum absolute atomic E-state index is 11.5. The van der Waals surface area contributed by atoms with Gasteiger partial charge in [-0.05, 0) is 34.6 Å². The van der Waals surface area contributed by atoms with Gasteiger partial charge in [0.1, 0.15) is 0 Å². The molecule has 88 valence electrons. The van der Waals surface area contributed by atoms with Crippen molar-refractivity contribution in [2.24, 2.45) is 0 Å². The molecule has 0 aromatic carbocycles. The summed E-state index contributed by atoms with van der Waals surface area (Å²) >= 11 is 0. The Bertz CT molecular complexity index is 232. The summed E-state index contributed by atoms with van der Waals surface area (Å²) in [5, 5.41) is 0. The van der Waals surface area contributed by atoms with E-state index in [1.807, 2.05) is 4.90 Å². The lowest BCUT2D eigenvalue weighted by Gasteiger charge is -2.49. The molecular weight excluding hydrogens is 188 g/mol. The second-order valence-electron chi connectivity index (χ2n) is 5.70. The van der Waals surface area contributed by atoms with Crippen LogP contribution in [0.4, 0.5) is 0 Å². The van der Waals surface area contributed by atoms with E-state index in [1.165, 1.54) is 0 Å². The van der Waals surface area contributed by atoms with E-state index in [0.717, 1.165) is 13.1 Å². The van der Waals surface area contributed by atoms with Crippen molar-refractivity contribution in [3.05, 3.63) is 0 Å². The summed E-state index contributed by atoms with van der Waals surface area (Å²) in [5.74, 6) is 0.198. The fourth-order valence-corrected chi connectivity index (χ4v) is 2.49. The second kappa shape index (κ2) is 4.12. The van der Waals surface area contributed by atoms with Gasteiger partial charge in [-0.3, -0.25) is 9.69 Å². The van der Waals surface area contributed by atoms with Crippen molar-refractivity contribution in [3.8, 4) is 0 Å². The van der Waals surface area contributed by atoms with Crippen LogP contribution in [0.5, 0.6) is 0 Å². The average molecular weight is 212 g/mol. The van der Waals surface area contributed by atoms with Crippen LogP contribution in [0.2, 0.25) is 0 Å². The van der Waals surface area contributed by atoms with Crippen molar-refractivity contribution in [2.75, 3.05) is 13.1 Å². The number of carbonyl (C=O) groups is 1. The number of piperazine rings is 1. The molecule has 0 radical (unpaired) electrons. The molecule has 0 N–H and O–H groups in total. The standard InChI is InChI=1S/C12H24N2O/c1-9-7-13(12(4,5)6)8-10(2)14(9)11(3)15/h9-10H,7-8H2,1-6H3/t9-,10+. The third-order valence-electron chi connectivity index (χ3n) is 3.23. The molecule has 0 spiro atoms. The van der Waals surface area contributed by atoms with Gasteiger partial charge in [0, 0.05) is 37.6 Å². The SMILES string of the molecule is CC(=O)N1[C@H](C)CN(C(C)(C)C)C[C@@H]1C. The van der Waals surface area contributed by atoms with Crippen molar-refractivity contribution in [3.63, 3.8) is 0 Å². The van der Waals surface area contributed by atoms with Crippen LogP contribution < -0.4 is 0 Å². The van der Waals surface area contributed by atoms with Crippen molar-refractivity contribution in [1.29, 1.82) is 0 Å². The molecule has 1 amide bonds. The predicted octanol–water partition coefficient (Wildman–Crippen LogP) is 1.73. The molecule has 1 aliphatic rings. The van der Waals surface area contributed by atoms with Gasteiger partial charge in [-0.1, -0.05) is 0 Å². The monoisotopic (exact) mass is 212 g/mol. The molecule has 1 rings (SSSR count). The Balaban J connectivity index is 2.75. The molecule has 3 heteroatoms. The van der Waals surface area contributed by atoms with E-state index in [-0.39, 0.29) is 11.4 Å². The zero-order valence-electron chi connectivity index (χ0n) is 10.9. The van der Waals surface area contributed by atoms with Gasteiger partial charge in [0.2, 0.25) is 5.91 Å². The minimum absolute atomic E-state index is 0.198. The lowest BCUT2D eigenvalue weighted by molar-refractivity contribution is -0.138. The van der Waals surface area contributed by atoms with Gasteiger partial charge in [-0.25, -0.2) is 0 Å². The fraction of sp³-hybridized carbons (Fsp3) is 0.917. The predicted molar refractivity (Wildman–Crippen MR) is 62.8 cm³/mol. The first kappa shape index (κ1) is 12.5. The Morgan fingerprint density at radius 1 is 1.13 bits per heavy atom. The van der Waals surface area contributed by atoms with Crippen LogP contribution in [0.1, 0.15) is 41.5 Å². The quantitative estimate of drug-likeness (QED) is 0.610. The van der Waals surface area contributed by atoms with Gasteiger partial charge < -0.3 is 4.90 Å². The summed E-state index contributed by atoms with van der Waals surface area (Å²) in [7, 11) is 0. The van der Waals surface area contributed by atoms with Gasteiger partial charge in [0.15, 0.2) is 0 Å². The van der Waals surface area contributed by atoms with Crippen LogP contribution in [-0.2, 0) is 4.79 Å². The zero-order valence-corrected chi connectivity index (χ0v) is 10.9. The molecule has 1 saturated heterocycles. The lowest BCUT2D eigenvalue weighted by Crippen LogP contribution is -2.62. The minimum Gasteiger partial charge on any atom is -0.335 e. The van der Waals surface area contributed by atoms with Crippen LogP contribution in [-0.4, -0.2) is 46.4 Å². The zero-order chi connectivity index (χ0) is 11.8. The first-order valence-electron chi connectivity index (χ1n) is 5.77. The van der Waals surface area contributed by atoms with Gasteiger partial charge in [0.25, 0.3) is 0 Å². The van der Waals surface area contributed by atoms with E-state index in [2.05, 4.69) is 39.5 Å². The summed E-state index contributed by atoms with van der Waals surface area (Å²) in [4.78, 5) is 15.9. The molecule has 2 atom stereocenters. The highest BCUT2D eigenvalue weighted by Gasteiger charge is 2.35. The fourth-order valence-electron chi connectivity index (χ4n) is 2.49. The van der Waals surface area contributed by atoms with Crippen LogP contribution in [0.15, 0.2) is 0 Å². The maximum atomic E-state index is 11.5. The van der Waals surface area contributed by atoms with Crippen molar-refractivity contribution in [1.82, 2.24) is 9.80 Å². The van der Waals surface area contributed by atoms with Gasteiger partial charge in [-0.15, -0.1) is 0 Å². The number of hydrogen-bond acceptors (Lipinski definition) is 2. The van der Waals surface area contributed by atoms with Crippen LogP contribution in [0.25, 0.3) is 0 Å². The van der Waals surface area contributed by atoms with Crippen LogP contribution in [0.3, 0.4) is 0 Å². The van der Waals surface area contributed by atoms with Crippen molar-refractivity contribution in [2.45, 2.75) is 59.2 Å². The number of carbonyl (C=O) groups excluding carboxylic acids is 1. The highest BCUT2D eigenvalue weighted by atomic mass is 16.2. The number of rotatable bonds is 0. The summed E-state index contributed by atoms with van der Waals surface area (Å²) < 4.78 is 0. The summed E-state index contributed by atoms with van der Waals surface area (Å²) in [6.45, 7) is 14.6. The van der Waals surface area contributed by atoms with Gasteiger partial charge >= 0.3 is 0 Å². The minimum atomic E-state index is 0.198. The third kappa shape index (κ3) is 2.71. The first-order valence-corrected chi connectivity index (χ1v) is 5.77. The topological polar surface area (TPSA) is 23.6 Å². The Labute approximate surface area is 93.4 Å². The van der Waals surface area contributed by atoms with Crippen molar-refractivity contribution < 1.29 is 4.79 Å². The van der Waals surface area contributed by atoms with E-state index in [4.69, 9.17) is 0 Å². The Morgan fingerprint density at radius 3 is 1.80 bits per heavy atom. The molecule has 1 aliphatic heterocycles. The van der Waals surface area contributed by atoms with E-state index < -0.39 is 0 Å². The van der Waals surface area contributed by atoms with E-state index in [0.29, 0.717) is 12.1 Å². The lowest BCUT2D eigenvalue weighted by atomic mass is 9.99. The highest BCUT2D eigenvalue weighted by Crippen LogP contribution is 2.22. The smallest absolute Gasteiger partial charge is 0.220 e. The molecule has 3 nitrogen and oxygen atoms in total. The second-order valence-corrected chi connectivity index (χ2v) is 5.70.